The molecule has 0 saturated heterocycles. The molecule has 1 aromatic rings. The molecule has 0 aromatic heterocycles. The largest absolute Gasteiger partial charge is 0.486 e. The summed E-state index contributed by atoms with van der Waals surface area (Å²) in [5.41, 5.74) is 5.78. The Balaban J connectivity index is 1.91. The van der Waals surface area contributed by atoms with Gasteiger partial charge < -0.3 is 20.1 Å². The summed E-state index contributed by atoms with van der Waals surface area (Å²) in [6, 6.07) is 6.95. The van der Waals surface area contributed by atoms with Gasteiger partial charge in [0.15, 0.2) is 17.6 Å². The van der Waals surface area contributed by atoms with E-state index in [1.54, 1.807) is 18.0 Å². The van der Waals surface area contributed by atoms with Gasteiger partial charge in [-0.2, -0.15) is 0 Å². The van der Waals surface area contributed by atoms with Crippen molar-refractivity contribution in [1.82, 2.24) is 4.90 Å². The highest BCUT2D eigenvalue weighted by molar-refractivity contribution is 5.81. The lowest BCUT2D eigenvalue weighted by molar-refractivity contribution is -0.132. The molecule has 1 amide bonds. The molecule has 5 nitrogen and oxygen atoms in total. The van der Waals surface area contributed by atoms with Gasteiger partial charge in [0.05, 0.1) is 12.6 Å². The van der Waals surface area contributed by atoms with Crippen LogP contribution in [0.4, 0.5) is 0 Å². The number of amides is 1. The van der Waals surface area contributed by atoms with E-state index in [9.17, 15) is 4.79 Å². The lowest BCUT2D eigenvalue weighted by atomic mass is 10.2. The van der Waals surface area contributed by atoms with E-state index in [-0.39, 0.29) is 12.0 Å². The zero-order valence-corrected chi connectivity index (χ0v) is 11.6. The number of nitrogens with two attached hydrogens (primary N) is 1. The highest BCUT2D eigenvalue weighted by Gasteiger charge is 2.25. The quantitative estimate of drug-likeness (QED) is 0.820. The number of rotatable bonds is 5. The average molecular weight is 276 g/mol. The van der Waals surface area contributed by atoms with Crippen molar-refractivity contribution in [3.63, 3.8) is 0 Å². The third-order valence-corrected chi connectivity index (χ3v) is 3.16. The first-order chi connectivity index (χ1) is 9.61. The maximum absolute atomic E-state index is 12.0. The number of likely N-dealkylation sites (N-methyl/N-ethyl adjacent to an activating group) is 1. The molecule has 0 bridgehead atoms. The van der Waals surface area contributed by atoms with E-state index in [1.165, 1.54) is 0 Å². The molecular formula is C15H20N2O3. The van der Waals surface area contributed by atoms with Gasteiger partial charge in [-0.15, -0.1) is 6.58 Å². The first kappa shape index (κ1) is 14.4. The Morgan fingerprint density at radius 3 is 2.95 bits per heavy atom. The summed E-state index contributed by atoms with van der Waals surface area (Å²) in [6.07, 6.45) is 1.93. The molecule has 2 atom stereocenters. The summed E-state index contributed by atoms with van der Waals surface area (Å²) in [7, 11) is 1.72. The monoisotopic (exact) mass is 276 g/mol. The van der Waals surface area contributed by atoms with Crippen LogP contribution in [-0.4, -0.2) is 43.2 Å². The fraction of sp³-hybridized carbons (Fsp3) is 0.400. The minimum absolute atomic E-state index is 0.118. The minimum atomic E-state index is -0.547. The Kier molecular flexibility index (Phi) is 4.63. The summed E-state index contributed by atoms with van der Waals surface area (Å²) >= 11 is 0. The molecule has 0 radical (unpaired) electrons. The second kappa shape index (κ2) is 6.43. The molecule has 1 aliphatic heterocycles. The number of hydrogen-bond donors (Lipinski definition) is 1. The van der Waals surface area contributed by atoms with Crippen molar-refractivity contribution in [2.75, 3.05) is 20.2 Å². The van der Waals surface area contributed by atoms with Gasteiger partial charge in [-0.1, -0.05) is 18.2 Å². The Hall–Kier alpha value is -2.01. The Bertz CT molecular complexity index is 490. The molecule has 20 heavy (non-hydrogen) atoms. The van der Waals surface area contributed by atoms with Gasteiger partial charge in [-0.3, -0.25) is 4.79 Å². The third-order valence-electron chi connectivity index (χ3n) is 3.16. The van der Waals surface area contributed by atoms with Crippen LogP contribution in [0.1, 0.15) is 6.42 Å². The SMILES string of the molecule is C=CCC(N)C(=O)N(C)CC1COc2ccccc2O1. The molecular weight excluding hydrogens is 256 g/mol. The van der Waals surface area contributed by atoms with E-state index in [2.05, 4.69) is 6.58 Å². The Morgan fingerprint density at radius 1 is 1.55 bits per heavy atom. The predicted molar refractivity (Wildman–Crippen MR) is 76.8 cm³/mol. The lowest BCUT2D eigenvalue weighted by Crippen LogP contribution is -2.47. The summed E-state index contributed by atoms with van der Waals surface area (Å²) in [5.74, 6) is 1.33. The van der Waals surface area contributed by atoms with Crippen molar-refractivity contribution in [1.29, 1.82) is 0 Å². The highest BCUT2D eigenvalue weighted by atomic mass is 16.6. The standard InChI is InChI=1S/C15H20N2O3/c1-3-6-12(16)15(18)17(2)9-11-10-19-13-7-4-5-8-14(13)20-11/h3-5,7-8,11-12H,1,6,9-10,16H2,2H3. The molecule has 1 aliphatic rings. The number of carbonyl (C=O) groups excluding carboxylic acids is 1. The number of nitrogens with zero attached hydrogens (tertiary/aromatic N) is 1. The van der Waals surface area contributed by atoms with Crippen LogP contribution in [-0.2, 0) is 4.79 Å². The van der Waals surface area contributed by atoms with Crippen molar-refractivity contribution in [3.05, 3.63) is 36.9 Å². The molecule has 0 spiro atoms. The minimum Gasteiger partial charge on any atom is -0.486 e. The fourth-order valence-corrected chi connectivity index (χ4v) is 2.11. The van der Waals surface area contributed by atoms with Gasteiger partial charge in [0.1, 0.15) is 6.61 Å². The molecule has 2 N–H and O–H groups in total. The van der Waals surface area contributed by atoms with Gasteiger partial charge in [0.25, 0.3) is 0 Å². The molecule has 2 rings (SSSR count). The van der Waals surface area contributed by atoms with Crippen LogP contribution < -0.4 is 15.2 Å². The maximum atomic E-state index is 12.0. The number of fused-ring (bicyclic) bond motifs is 1. The molecule has 5 heteroatoms. The van der Waals surface area contributed by atoms with Gasteiger partial charge in [-0.05, 0) is 18.6 Å². The molecule has 0 saturated carbocycles. The van der Waals surface area contributed by atoms with Crippen molar-refractivity contribution in [2.24, 2.45) is 5.73 Å². The van der Waals surface area contributed by atoms with E-state index >= 15 is 0 Å². The van der Waals surface area contributed by atoms with Crippen LogP contribution in [0.5, 0.6) is 11.5 Å². The predicted octanol–water partition coefficient (Wildman–Crippen LogP) is 1.19. The fourth-order valence-electron chi connectivity index (χ4n) is 2.11. The molecule has 0 fully saturated rings. The van der Waals surface area contributed by atoms with E-state index in [0.717, 1.165) is 5.75 Å². The van der Waals surface area contributed by atoms with Crippen molar-refractivity contribution in [2.45, 2.75) is 18.6 Å². The van der Waals surface area contributed by atoms with Crippen LogP contribution in [0.2, 0.25) is 0 Å². The molecule has 108 valence electrons. The van der Waals surface area contributed by atoms with Gasteiger partial charge in [-0.25, -0.2) is 0 Å². The summed E-state index contributed by atoms with van der Waals surface area (Å²) in [6.45, 7) is 4.45. The zero-order valence-electron chi connectivity index (χ0n) is 11.6. The Labute approximate surface area is 119 Å². The second-order valence-electron chi connectivity index (χ2n) is 4.85. The number of hydrogen-bond acceptors (Lipinski definition) is 4. The summed E-state index contributed by atoms with van der Waals surface area (Å²) in [4.78, 5) is 13.6. The topological polar surface area (TPSA) is 64.8 Å². The van der Waals surface area contributed by atoms with E-state index in [4.69, 9.17) is 15.2 Å². The summed E-state index contributed by atoms with van der Waals surface area (Å²) in [5, 5.41) is 0. The van der Waals surface area contributed by atoms with Crippen molar-refractivity contribution >= 4 is 5.91 Å². The van der Waals surface area contributed by atoms with E-state index in [1.807, 2.05) is 24.3 Å². The molecule has 0 aliphatic carbocycles. The smallest absolute Gasteiger partial charge is 0.239 e. The zero-order chi connectivity index (χ0) is 14.5. The third kappa shape index (κ3) is 3.30. The normalized spacial score (nSPS) is 18.2. The molecule has 1 aromatic carbocycles. The maximum Gasteiger partial charge on any atom is 0.239 e. The van der Waals surface area contributed by atoms with Crippen LogP contribution in [0.3, 0.4) is 0 Å². The van der Waals surface area contributed by atoms with Crippen molar-refractivity contribution in [3.8, 4) is 11.5 Å². The van der Waals surface area contributed by atoms with E-state index < -0.39 is 6.04 Å². The van der Waals surface area contributed by atoms with Crippen LogP contribution in [0.15, 0.2) is 36.9 Å². The average Bonchev–Trinajstić information content (AvgIpc) is 2.46. The summed E-state index contributed by atoms with van der Waals surface area (Å²) < 4.78 is 11.4. The van der Waals surface area contributed by atoms with Crippen LogP contribution >= 0.6 is 0 Å². The van der Waals surface area contributed by atoms with Crippen molar-refractivity contribution < 1.29 is 14.3 Å². The lowest BCUT2D eigenvalue weighted by Gasteiger charge is -2.30. The number of ether oxygens (including phenoxy) is 2. The highest BCUT2D eigenvalue weighted by Crippen LogP contribution is 2.30. The number of carbonyl (C=O) groups is 1. The second-order valence-corrected chi connectivity index (χ2v) is 4.85. The van der Waals surface area contributed by atoms with E-state index in [0.29, 0.717) is 25.3 Å². The van der Waals surface area contributed by atoms with Crippen LogP contribution in [0, 0.1) is 0 Å². The first-order valence-electron chi connectivity index (χ1n) is 6.61. The first-order valence-corrected chi connectivity index (χ1v) is 6.61. The number of para-hydroxylation sites is 2. The van der Waals surface area contributed by atoms with Crippen LogP contribution in [0.25, 0.3) is 0 Å². The Morgan fingerprint density at radius 2 is 2.25 bits per heavy atom. The van der Waals surface area contributed by atoms with Gasteiger partial charge in [0, 0.05) is 7.05 Å². The van der Waals surface area contributed by atoms with Gasteiger partial charge >= 0.3 is 0 Å². The number of benzene rings is 1. The van der Waals surface area contributed by atoms with Gasteiger partial charge in [0.2, 0.25) is 5.91 Å². The molecule has 1 heterocycles. The molecule has 2 unspecified atom stereocenters.